The highest BCUT2D eigenvalue weighted by Crippen LogP contribution is 2.43. The molecule has 334 valence electrons. The van der Waals surface area contributed by atoms with Crippen LogP contribution in [0.2, 0.25) is 23.2 Å². The standard InChI is InChI=1S/C46H59ClN4O8S2Si/c1-44(2,3)62(7,8)59-37(31-13-15-35(52)42-32(31)14-16-40(53)50-42)28-48-27-29-25-33(47)34(26-36(29)57-6)49-41(54)19-22-51(5)30-17-20-45(4,21-18-30)58-43(55)46(56,38-11-9-23-60-38)39-12-10-24-61-39/h9-16,23-26,30,37,48,52,56H,17-22,27-28H2,1-8H3,(H,49,54)(H,50,53)/t30-,37-,45-/m0/s1. The van der Waals surface area contributed by atoms with E-state index < -0.39 is 31.6 Å². The molecule has 62 heavy (non-hydrogen) atoms. The highest BCUT2D eigenvalue weighted by Gasteiger charge is 2.47. The van der Waals surface area contributed by atoms with Gasteiger partial charge in [0.15, 0.2) is 8.32 Å². The highest BCUT2D eigenvalue weighted by molar-refractivity contribution is 7.12. The number of ether oxygens (including phenoxy) is 2. The molecule has 1 aliphatic rings. The van der Waals surface area contributed by atoms with Gasteiger partial charge in [-0.25, -0.2) is 4.79 Å². The fraction of sp³-hybridized carbons (Fsp3) is 0.457. The SMILES string of the molecule is COc1cc(NC(=O)CCN(C)[C@H]2CC[C@](C)(OC(=O)C(O)(c3cccs3)c3cccs3)CC2)c(Cl)cc1CNC[C@H](O[Si](C)(C)C(C)(C)C)c1ccc(O)c2[nH]c(=O)ccc12. The molecule has 2 aromatic carbocycles. The maximum absolute atomic E-state index is 13.7. The Labute approximate surface area is 377 Å². The van der Waals surface area contributed by atoms with Gasteiger partial charge in [0.05, 0.1) is 39.2 Å². The molecule has 1 fully saturated rings. The van der Waals surface area contributed by atoms with Gasteiger partial charge in [-0.3, -0.25) is 9.59 Å². The van der Waals surface area contributed by atoms with E-state index in [1.165, 1.54) is 28.7 Å². The number of aromatic amines is 1. The molecule has 5 N–H and O–H groups in total. The van der Waals surface area contributed by atoms with Gasteiger partial charge >= 0.3 is 5.97 Å². The third-order valence-corrected chi connectivity index (χ3v) is 19.3. The molecule has 16 heteroatoms. The third kappa shape index (κ3) is 10.6. The van der Waals surface area contributed by atoms with Crippen LogP contribution in [0.1, 0.15) is 86.8 Å². The molecule has 0 unspecified atom stereocenters. The Morgan fingerprint density at radius 2 is 1.71 bits per heavy atom. The van der Waals surface area contributed by atoms with E-state index in [4.69, 9.17) is 25.5 Å². The van der Waals surface area contributed by atoms with Crippen molar-refractivity contribution in [2.45, 2.75) is 108 Å². The van der Waals surface area contributed by atoms with Gasteiger partial charge in [0, 0.05) is 55.2 Å². The minimum absolute atomic E-state index is 0.0104. The number of nitrogens with one attached hydrogen (secondary N) is 3. The number of H-pyrrole nitrogens is 1. The van der Waals surface area contributed by atoms with Crippen molar-refractivity contribution in [2.75, 3.05) is 32.6 Å². The summed E-state index contributed by atoms with van der Waals surface area (Å²) in [4.78, 5) is 45.1. The number of phenolic OH excluding ortho intramolecular Hbond substituents is 1. The summed E-state index contributed by atoms with van der Waals surface area (Å²) in [7, 11) is 1.29. The van der Waals surface area contributed by atoms with Crippen LogP contribution in [0, 0.1) is 0 Å². The van der Waals surface area contributed by atoms with Crippen LogP contribution in [0.3, 0.4) is 0 Å². The Morgan fingerprint density at radius 3 is 2.31 bits per heavy atom. The van der Waals surface area contributed by atoms with Crippen LogP contribution in [0.15, 0.2) is 76.2 Å². The van der Waals surface area contributed by atoms with Crippen LogP contribution in [0.25, 0.3) is 10.9 Å². The summed E-state index contributed by atoms with van der Waals surface area (Å²) < 4.78 is 18.8. The van der Waals surface area contributed by atoms with E-state index in [0.717, 1.165) is 24.0 Å². The van der Waals surface area contributed by atoms with E-state index >= 15 is 0 Å². The Balaban J connectivity index is 1.04. The number of aliphatic hydroxyl groups is 1. The smallest absolute Gasteiger partial charge is 0.349 e. The van der Waals surface area contributed by atoms with Gasteiger partial charge in [-0.2, -0.15) is 0 Å². The number of fused-ring (bicyclic) bond motifs is 1. The molecule has 1 amide bonds. The molecule has 0 bridgehead atoms. The normalized spacial score (nSPS) is 17.9. The lowest BCUT2D eigenvalue weighted by Crippen LogP contribution is -2.47. The number of rotatable bonds is 17. The maximum Gasteiger partial charge on any atom is 0.349 e. The van der Waals surface area contributed by atoms with E-state index in [-0.39, 0.29) is 34.7 Å². The van der Waals surface area contributed by atoms with Crippen LogP contribution in [-0.4, -0.2) is 79.2 Å². The fourth-order valence-electron chi connectivity index (χ4n) is 7.66. The average Bonchev–Trinajstić information content (AvgIpc) is 3.97. The number of carbonyl (C=O) groups is 2. The minimum Gasteiger partial charge on any atom is -0.506 e. The van der Waals surface area contributed by atoms with Gasteiger partial charge in [0.25, 0.3) is 0 Å². The van der Waals surface area contributed by atoms with Crippen molar-refractivity contribution in [1.82, 2.24) is 15.2 Å². The van der Waals surface area contributed by atoms with Crippen molar-refractivity contribution in [1.29, 1.82) is 0 Å². The molecule has 12 nitrogen and oxygen atoms in total. The summed E-state index contributed by atoms with van der Waals surface area (Å²) in [6.45, 7) is 14.2. The molecule has 0 saturated heterocycles. The first-order valence-corrected chi connectivity index (χ1v) is 25.9. The summed E-state index contributed by atoms with van der Waals surface area (Å²) in [5.41, 5.74) is -0.432. The molecule has 3 heterocycles. The molecule has 1 atom stereocenters. The molecular weight excluding hydrogens is 864 g/mol. The van der Waals surface area contributed by atoms with Crippen molar-refractivity contribution < 1.29 is 33.7 Å². The zero-order valence-electron chi connectivity index (χ0n) is 36.7. The third-order valence-electron chi connectivity index (χ3n) is 12.5. The molecule has 3 aromatic heterocycles. The number of pyridine rings is 1. The summed E-state index contributed by atoms with van der Waals surface area (Å²) in [6, 6.07) is 17.4. The summed E-state index contributed by atoms with van der Waals surface area (Å²) in [5.74, 6) is -0.299. The topological polar surface area (TPSA) is 162 Å². The number of benzene rings is 2. The molecule has 1 aliphatic carbocycles. The number of esters is 1. The van der Waals surface area contributed by atoms with Crippen LogP contribution in [0.4, 0.5) is 5.69 Å². The van der Waals surface area contributed by atoms with Gasteiger partial charge in [0.1, 0.15) is 17.1 Å². The monoisotopic (exact) mass is 922 g/mol. The number of aromatic nitrogens is 1. The summed E-state index contributed by atoms with van der Waals surface area (Å²) >= 11 is 9.42. The number of carbonyl (C=O) groups excluding carboxylic acids is 2. The summed E-state index contributed by atoms with van der Waals surface area (Å²) in [6.07, 6.45) is 2.63. The van der Waals surface area contributed by atoms with Gasteiger partial charge in [-0.15, -0.1) is 22.7 Å². The second kappa shape index (κ2) is 19.4. The average molecular weight is 924 g/mol. The van der Waals surface area contributed by atoms with Gasteiger partial charge in [-0.05, 0) is 104 Å². The van der Waals surface area contributed by atoms with E-state index in [0.29, 0.717) is 69.6 Å². The van der Waals surface area contributed by atoms with E-state index in [1.54, 1.807) is 43.5 Å². The molecule has 5 aromatic rings. The number of halogens is 1. The van der Waals surface area contributed by atoms with E-state index in [9.17, 15) is 24.6 Å². The molecule has 0 aliphatic heterocycles. The van der Waals surface area contributed by atoms with Crippen molar-refractivity contribution in [3.8, 4) is 11.5 Å². The fourth-order valence-corrected chi connectivity index (χ4v) is 10.9. The van der Waals surface area contributed by atoms with Crippen LogP contribution < -0.4 is 20.9 Å². The molecule has 1 saturated carbocycles. The Hall–Kier alpha value is -4.06. The molecular formula is C46H59ClN4O8S2Si. The van der Waals surface area contributed by atoms with E-state index in [2.05, 4.69) is 54.4 Å². The largest absolute Gasteiger partial charge is 0.506 e. The Bertz CT molecular complexity index is 2360. The molecule has 6 rings (SSSR count). The van der Waals surface area contributed by atoms with E-state index in [1.807, 2.05) is 42.9 Å². The number of nitrogens with zero attached hydrogens (tertiary/aromatic N) is 1. The lowest BCUT2D eigenvalue weighted by atomic mass is 9.82. The number of thiophene rings is 2. The first-order chi connectivity index (χ1) is 29.2. The molecule has 0 spiro atoms. The predicted molar refractivity (Wildman–Crippen MR) is 251 cm³/mol. The molecule has 0 radical (unpaired) electrons. The number of amides is 1. The van der Waals surface area contributed by atoms with Crippen molar-refractivity contribution in [3.63, 3.8) is 0 Å². The van der Waals surface area contributed by atoms with Crippen LogP contribution in [-0.2, 0) is 30.9 Å². The van der Waals surface area contributed by atoms with Crippen molar-refractivity contribution in [2.24, 2.45) is 0 Å². The lowest BCUT2D eigenvalue weighted by molar-refractivity contribution is -0.180. The summed E-state index contributed by atoms with van der Waals surface area (Å²) in [5, 5.41) is 33.5. The van der Waals surface area contributed by atoms with Crippen molar-refractivity contribution in [3.05, 3.63) is 108 Å². The number of phenols is 1. The van der Waals surface area contributed by atoms with Gasteiger partial charge < -0.3 is 44.6 Å². The number of aromatic hydroxyl groups is 1. The first kappa shape index (κ1) is 47.4. The lowest BCUT2D eigenvalue weighted by Gasteiger charge is -2.41. The maximum atomic E-state index is 13.7. The van der Waals surface area contributed by atoms with Crippen LogP contribution in [0.5, 0.6) is 11.5 Å². The minimum atomic E-state index is -2.29. The zero-order valence-corrected chi connectivity index (χ0v) is 40.1. The predicted octanol–water partition coefficient (Wildman–Crippen LogP) is 9.31. The zero-order chi connectivity index (χ0) is 45.0. The first-order valence-electron chi connectivity index (χ1n) is 20.9. The number of hydrogen-bond acceptors (Lipinski definition) is 12. The van der Waals surface area contributed by atoms with Gasteiger partial charge in [-0.1, -0.05) is 50.6 Å². The number of methoxy groups -OCH3 is 1. The van der Waals surface area contributed by atoms with Crippen LogP contribution >= 0.6 is 34.3 Å². The van der Waals surface area contributed by atoms with Crippen molar-refractivity contribution >= 4 is 71.1 Å². The second-order valence-electron chi connectivity index (χ2n) is 17.9. The number of anilines is 1. The highest BCUT2D eigenvalue weighted by atomic mass is 35.5. The quantitative estimate of drug-likeness (QED) is 0.0449. The second-order valence-corrected chi connectivity index (χ2v) is 25.0. The number of hydrogen-bond donors (Lipinski definition) is 5. The Morgan fingerprint density at radius 1 is 1.05 bits per heavy atom. The van der Waals surface area contributed by atoms with Gasteiger partial charge in [0.2, 0.25) is 17.1 Å². The Kier molecular flexibility index (Phi) is 14.8.